The summed E-state index contributed by atoms with van der Waals surface area (Å²) in [5.41, 5.74) is 7.11. The summed E-state index contributed by atoms with van der Waals surface area (Å²) in [6.07, 6.45) is 5.98. The van der Waals surface area contributed by atoms with Gasteiger partial charge in [-0.05, 0) is 36.7 Å². The van der Waals surface area contributed by atoms with Crippen LogP contribution in [-0.2, 0) is 12.8 Å². The number of aryl methyl sites for hydroxylation is 1. The average Bonchev–Trinajstić information content (AvgIpc) is 2.41. The summed E-state index contributed by atoms with van der Waals surface area (Å²) >= 11 is 1.25. The minimum Gasteiger partial charge on any atom is -0.330 e. The van der Waals surface area contributed by atoms with Gasteiger partial charge in [0.2, 0.25) is 0 Å². The van der Waals surface area contributed by atoms with Gasteiger partial charge in [0.25, 0.3) is 5.56 Å². The predicted octanol–water partition coefficient (Wildman–Crippen LogP) is 1.16. The predicted molar refractivity (Wildman–Crippen MR) is 77.8 cm³/mol. The number of hydrogen-bond donors (Lipinski definition) is 2. The highest BCUT2D eigenvalue weighted by Crippen LogP contribution is 2.19. The zero-order chi connectivity index (χ0) is 14.4. The summed E-state index contributed by atoms with van der Waals surface area (Å²) < 4.78 is 0. The topological polar surface area (TPSA) is 97.5 Å². The average molecular weight is 291 g/mol. The summed E-state index contributed by atoms with van der Waals surface area (Å²) in [5, 5.41) is 1.08. The molecule has 2 heterocycles. The number of nitrogens with zero attached hydrogens (tertiary/aromatic N) is 3. The Morgan fingerprint density at radius 1 is 1.30 bits per heavy atom. The van der Waals surface area contributed by atoms with Gasteiger partial charge >= 0.3 is 0 Å². The summed E-state index contributed by atoms with van der Waals surface area (Å²) in [7, 11) is 0. The normalized spacial score (nSPS) is 10.7. The van der Waals surface area contributed by atoms with Crippen molar-refractivity contribution in [3.63, 3.8) is 0 Å². The van der Waals surface area contributed by atoms with Gasteiger partial charge in [-0.25, -0.2) is 15.0 Å². The minimum absolute atomic E-state index is 0.147. The molecule has 0 saturated heterocycles. The summed E-state index contributed by atoms with van der Waals surface area (Å²) in [6, 6.07) is 1.53. The van der Waals surface area contributed by atoms with E-state index in [0.717, 1.165) is 30.5 Å². The lowest BCUT2D eigenvalue weighted by atomic mass is 10.2. The highest BCUT2D eigenvalue weighted by Gasteiger charge is 2.05. The molecule has 6 nitrogen and oxygen atoms in total. The Morgan fingerprint density at radius 3 is 2.70 bits per heavy atom. The van der Waals surface area contributed by atoms with Gasteiger partial charge in [0.1, 0.15) is 0 Å². The van der Waals surface area contributed by atoms with Gasteiger partial charge in [-0.2, -0.15) is 0 Å². The van der Waals surface area contributed by atoms with Crippen molar-refractivity contribution in [2.45, 2.75) is 36.5 Å². The number of H-pyrrole nitrogens is 1. The van der Waals surface area contributed by atoms with E-state index in [2.05, 4.69) is 26.9 Å². The van der Waals surface area contributed by atoms with Crippen molar-refractivity contribution in [2.24, 2.45) is 5.73 Å². The Morgan fingerprint density at radius 2 is 2.05 bits per heavy atom. The Bertz CT molecular complexity index is 611. The third-order valence-electron chi connectivity index (χ3n) is 2.58. The molecular weight excluding hydrogens is 274 g/mol. The minimum atomic E-state index is -0.147. The first-order valence-electron chi connectivity index (χ1n) is 6.50. The lowest BCUT2D eigenvalue weighted by molar-refractivity contribution is 0.811. The molecule has 3 N–H and O–H groups in total. The fourth-order valence-corrected chi connectivity index (χ4v) is 2.39. The lowest BCUT2D eigenvalue weighted by Gasteiger charge is -2.03. The third kappa shape index (κ3) is 4.14. The number of nitrogens with two attached hydrogens (primary N) is 1. The van der Waals surface area contributed by atoms with Gasteiger partial charge in [0.05, 0.1) is 0 Å². The maximum atomic E-state index is 11.6. The number of rotatable bonds is 6. The molecule has 0 radical (unpaired) electrons. The van der Waals surface area contributed by atoms with Crippen LogP contribution >= 0.6 is 11.8 Å². The summed E-state index contributed by atoms with van der Waals surface area (Å²) in [5.74, 6) is 0. The largest absolute Gasteiger partial charge is 0.330 e. The Hall–Kier alpha value is -1.73. The van der Waals surface area contributed by atoms with E-state index in [4.69, 9.17) is 5.73 Å². The summed E-state index contributed by atoms with van der Waals surface area (Å²) in [6.45, 7) is 2.62. The summed E-state index contributed by atoms with van der Waals surface area (Å²) in [4.78, 5) is 27.1. The zero-order valence-electron chi connectivity index (χ0n) is 11.3. The van der Waals surface area contributed by atoms with Crippen LogP contribution in [0, 0.1) is 0 Å². The van der Waals surface area contributed by atoms with E-state index < -0.39 is 0 Å². The Balaban J connectivity index is 2.14. The highest BCUT2D eigenvalue weighted by atomic mass is 32.2. The fourth-order valence-electron chi connectivity index (χ4n) is 1.69. The molecule has 20 heavy (non-hydrogen) atoms. The molecule has 0 fully saturated rings. The number of aromatic nitrogens is 4. The maximum absolute atomic E-state index is 11.6. The second kappa shape index (κ2) is 7.16. The van der Waals surface area contributed by atoms with Gasteiger partial charge in [-0.1, -0.05) is 13.3 Å². The fraction of sp³-hybridized carbons (Fsp3) is 0.385. The number of hydrogen-bond acceptors (Lipinski definition) is 6. The van der Waals surface area contributed by atoms with Gasteiger partial charge < -0.3 is 10.7 Å². The van der Waals surface area contributed by atoms with Gasteiger partial charge in [-0.3, -0.25) is 4.79 Å². The molecule has 2 rings (SSSR count). The molecule has 0 amide bonds. The van der Waals surface area contributed by atoms with Crippen molar-refractivity contribution in [2.75, 3.05) is 6.54 Å². The van der Waals surface area contributed by atoms with Crippen LogP contribution in [0.4, 0.5) is 0 Å². The Kier molecular flexibility index (Phi) is 5.25. The molecule has 0 aromatic carbocycles. The molecular formula is C13H17N5OS. The second-order valence-corrected chi connectivity index (χ2v) is 5.26. The molecule has 0 spiro atoms. The molecule has 0 saturated carbocycles. The molecule has 106 valence electrons. The van der Waals surface area contributed by atoms with Crippen molar-refractivity contribution in [3.05, 3.63) is 40.1 Å². The van der Waals surface area contributed by atoms with Crippen LogP contribution < -0.4 is 11.3 Å². The number of aromatic amines is 1. The zero-order valence-corrected chi connectivity index (χ0v) is 12.1. The highest BCUT2D eigenvalue weighted by molar-refractivity contribution is 7.99. The molecule has 0 atom stereocenters. The number of nitrogens with one attached hydrogen (secondary N) is 1. The van der Waals surface area contributed by atoms with E-state index in [1.807, 2.05) is 0 Å². The molecule has 7 heteroatoms. The molecule has 0 unspecified atom stereocenters. The first-order valence-corrected chi connectivity index (χ1v) is 7.32. The van der Waals surface area contributed by atoms with Crippen LogP contribution in [0.25, 0.3) is 0 Å². The van der Waals surface area contributed by atoms with E-state index in [-0.39, 0.29) is 5.56 Å². The van der Waals surface area contributed by atoms with E-state index in [1.165, 1.54) is 17.8 Å². The second-order valence-electron chi connectivity index (χ2n) is 4.31. The quantitative estimate of drug-likeness (QED) is 0.775. The van der Waals surface area contributed by atoms with Crippen LogP contribution in [0.2, 0.25) is 0 Å². The lowest BCUT2D eigenvalue weighted by Crippen LogP contribution is -2.10. The Labute approximate surface area is 121 Å². The van der Waals surface area contributed by atoms with E-state index in [0.29, 0.717) is 16.9 Å². The van der Waals surface area contributed by atoms with Crippen LogP contribution in [0.15, 0.2) is 33.6 Å². The van der Waals surface area contributed by atoms with E-state index in [1.54, 1.807) is 12.4 Å². The van der Waals surface area contributed by atoms with Crippen LogP contribution in [0.1, 0.15) is 24.6 Å². The SMILES string of the molecule is CCCc1cc(=O)[nH]c(Sc2ncc(CCN)cn2)n1. The molecule has 0 aliphatic heterocycles. The van der Waals surface area contributed by atoms with Gasteiger partial charge in [0.15, 0.2) is 10.3 Å². The van der Waals surface area contributed by atoms with Crippen molar-refractivity contribution in [1.82, 2.24) is 19.9 Å². The maximum Gasteiger partial charge on any atom is 0.251 e. The molecule has 2 aromatic rings. The first-order chi connectivity index (χ1) is 9.71. The van der Waals surface area contributed by atoms with Crippen LogP contribution in [0.3, 0.4) is 0 Å². The van der Waals surface area contributed by atoms with Gasteiger partial charge in [-0.15, -0.1) is 0 Å². The van der Waals surface area contributed by atoms with E-state index >= 15 is 0 Å². The standard InChI is InChI=1S/C13H17N5OS/c1-2-3-10-6-11(19)18-13(17-10)20-12-15-7-9(4-5-14)8-16-12/h6-8H,2-5,14H2,1H3,(H,17,18,19). The monoisotopic (exact) mass is 291 g/mol. The van der Waals surface area contributed by atoms with Gasteiger partial charge in [0, 0.05) is 24.2 Å². The van der Waals surface area contributed by atoms with Crippen molar-refractivity contribution < 1.29 is 0 Å². The first kappa shape index (κ1) is 14.7. The van der Waals surface area contributed by atoms with E-state index in [9.17, 15) is 4.79 Å². The molecule has 0 bridgehead atoms. The molecule has 2 aromatic heterocycles. The van der Waals surface area contributed by atoms with Crippen molar-refractivity contribution in [1.29, 1.82) is 0 Å². The van der Waals surface area contributed by atoms with Crippen molar-refractivity contribution >= 4 is 11.8 Å². The van der Waals surface area contributed by atoms with Crippen LogP contribution in [0.5, 0.6) is 0 Å². The van der Waals surface area contributed by atoms with Crippen LogP contribution in [-0.4, -0.2) is 26.5 Å². The smallest absolute Gasteiger partial charge is 0.251 e. The third-order valence-corrected chi connectivity index (χ3v) is 3.36. The van der Waals surface area contributed by atoms with Crippen molar-refractivity contribution in [3.8, 4) is 0 Å². The molecule has 0 aliphatic rings. The molecule has 0 aliphatic carbocycles.